The molecule has 108 valence electrons. The Kier molecular flexibility index (Phi) is 8.24. The third kappa shape index (κ3) is 6.40. The first kappa shape index (κ1) is 17.2. The van der Waals surface area contributed by atoms with Gasteiger partial charge < -0.3 is 5.32 Å². The van der Waals surface area contributed by atoms with Gasteiger partial charge in [-0.25, -0.2) is 0 Å². The van der Waals surface area contributed by atoms with Crippen LogP contribution in [-0.4, -0.2) is 23.6 Å². The number of hydrogen-bond acceptors (Lipinski definition) is 2. The zero-order valence-corrected chi connectivity index (χ0v) is 14.2. The topological polar surface area (TPSA) is 12.0 Å². The van der Waals surface area contributed by atoms with E-state index in [2.05, 4.69) is 32.2 Å². The van der Waals surface area contributed by atoms with E-state index in [9.17, 15) is 0 Å². The van der Waals surface area contributed by atoms with Crippen LogP contribution in [0.25, 0.3) is 0 Å². The molecule has 0 fully saturated rings. The third-order valence-corrected chi connectivity index (χ3v) is 5.35. The molecule has 0 aliphatic rings. The molecule has 1 aromatic rings. The van der Waals surface area contributed by atoms with Crippen LogP contribution in [0.5, 0.6) is 0 Å². The van der Waals surface area contributed by atoms with E-state index in [1.165, 1.54) is 12.0 Å². The van der Waals surface area contributed by atoms with Gasteiger partial charge in [0.25, 0.3) is 0 Å². The van der Waals surface area contributed by atoms with Crippen LogP contribution < -0.4 is 5.32 Å². The monoisotopic (exact) mass is 319 g/mol. The van der Waals surface area contributed by atoms with Crippen molar-refractivity contribution in [1.29, 1.82) is 0 Å². The number of rotatable bonds is 8. The average molecular weight is 320 g/mol. The molecule has 0 saturated carbocycles. The third-order valence-electron chi connectivity index (χ3n) is 3.12. The summed E-state index contributed by atoms with van der Waals surface area (Å²) in [5.41, 5.74) is 1.24. The van der Waals surface area contributed by atoms with Gasteiger partial charge in [0.05, 0.1) is 10.0 Å². The molecule has 4 heteroatoms. The normalized spacial score (nSPS) is 14.4. The highest BCUT2D eigenvalue weighted by Gasteiger charge is 2.11. The largest absolute Gasteiger partial charge is 0.313 e. The van der Waals surface area contributed by atoms with E-state index in [0.29, 0.717) is 16.1 Å². The predicted octanol–water partition coefficient (Wildman–Crippen LogP) is 5.05. The Morgan fingerprint density at radius 2 is 1.95 bits per heavy atom. The van der Waals surface area contributed by atoms with Gasteiger partial charge in [0.15, 0.2) is 0 Å². The first-order chi connectivity index (χ1) is 9.06. The molecule has 0 aliphatic carbocycles. The first-order valence-corrected chi connectivity index (χ1v) is 8.66. The molecule has 1 N–H and O–H groups in total. The minimum atomic E-state index is 0.487. The second-order valence-corrected chi connectivity index (χ2v) is 7.05. The SMILES string of the molecule is CCNC(CSC(C)CC)Cc1ccc(Cl)c(Cl)c1. The molecular formula is C15H23Cl2NS. The lowest BCUT2D eigenvalue weighted by molar-refractivity contribution is 0.572. The molecule has 0 aromatic heterocycles. The van der Waals surface area contributed by atoms with Gasteiger partial charge in [-0.15, -0.1) is 0 Å². The second-order valence-electron chi connectivity index (χ2n) is 4.76. The fourth-order valence-corrected chi connectivity index (χ4v) is 3.18. The highest BCUT2D eigenvalue weighted by molar-refractivity contribution is 7.99. The lowest BCUT2D eigenvalue weighted by Gasteiger charge is -2.19. The lowest BCUT2D eigenvalue weighted by atomic mass is 10.1. The van der Waals surface area contributed by atoms with Crippen LogP contribution in [0, 0.1) is 0 Å². The van der Waals surface area contributed by atoms with Gasteiger partial charge in [0.1, 0.15) is 0 Å². The van der Waals surface area contributed by atoms with Crippen molar-refractivity contribution in [2.75, 3.05) is 12.3 Å². The van der Waals surface area contributed by atoms with Gasteiger partial charge in [0.2, 0.25) is 0 Å². The summed E-state index contributed by atoms with van der Waals surface area (Å²) in [7, 11) is 0. The predicted molar refractivity (Wildman–Crippen MR) is 89.8 cm³/mol. The maximum absolute atomic E-state index is 6.07. The number of hydrogen-bond donors (Lipinski definition) is 1. The summed E-state index contributed by atoms with van der Waals surface area (Å²) in [6.07, 6.45) is 2.21. The Hall–Kier alpha value is 0.110. The number of halogens is 2. The highest BCUT2D eigenvalue weighted by Crippen LogP contribution is 2.24. The zero-order chi connectivity index (χ0) is 14.3. The van der Waals surface area contributed by atoms with E-state index in [0.717, 1.165) is 24.0 Å². The molecule has 0 heterocycles. The molecule has 1 rings (SSSR count). The van der Waals surface area contributed by atoms with Gasteiger partial charge in [-0.1, -0.05) is 50.0 Å². The van der Waals surface area contributed by atoms with E-state index in [-0.39, 0.29) is 0 Å². The summed E-state index contributed by atoms with van der Waals surface area (Å²) in [5.74, 6) is 1.13. The van der Waals surface area contributed by atoms with Crippen LogP contribution in [0.2, 0.25) is 10.0 Å². The fraction of sp³-hybridized carbons (Fsp3) is 0.600. The standard InChI is InChI=1S/C15H23Cl2NS/c1-4-11(3)19-10-13(18-5-2)8-12-6-7-14(16)15(17)9-12/h6-7,9,11,13,18H,4-5,8,10H2,1-3H3. The molecule has 2 unspecified atom stereocenters. The molecular weight excluding hydrogens is 297 g/mol. The Balaban J connectivity index is 2.58. The Morgan fingerprint density at radius 1 is 1.21 bits per heavy atom. The highest BCUT2D eigenvalue weighted by atomic mass is 35.5. The Labute approximate surface area is 131 Å². The van der Waals surface area contributed by atoms with E-state index in [1.807, 2.05) is 23.9 Å². The van der Waals surface area contributed by atoms with Gasteiger partial charge in [-0.05, 0) is 37.1 Å². The molecule has 0 amide bonds. The van der Waals surface area contributed by atoms with Crippen LogP contribution >= 0.6 is 35.0 Å². The molecule has 1 nitrogen and oxygen atoms in total. The molecule has 0 saturated heterocycles. The van der Waals surface area contributed by atoms with Crippen molar-refractivity contribution >= 4 is 35.0 Å². The molecule has 1 aromatic carbocycles. The van der Waals surface area contributed by atoms with Crippen LogP contribution in [0.1, 0.15) is 32.8 Å². The Bertz CT molecular complexity index is 384. The van der Waals surface area contributed by atoms with E-state index >= 15 is 0 Å². The van der Waals surface area contributed by atoms with Gasteiger partial charge >= 0.3 is 0 Å². The van der Waals surface area contributed by atoms with E-state index in [4.69, 9.17) is 23.2 Å². The zero-order valence-electron chi connectivity index (χ0n) is 11.9. The summed E-state index contributed by atoms with van der Waals surface area (Å²) < 4.78 is 0. The Morgan fingerprint density at radius 3 is 2.53 bits per heavy atom. The van der Waals surface area contributed by atoms with Crippen molar-refractivity contribution in [3.05, 3.63) is 33.8 Å². The fourth-order valence-electron chi connectivity index (χ4n) is 1.83. The van der Waals surface area contributed by atoms with Crippen LogP contribution in [-0.2, 0) is 6.42 Å². The van der Waals surface area contributed by atoms with Crippen molar-refractivity contribution < 1.29 is 0 Å². The van der Waals surface area contributed by atoms with E-state index in [1.54, 1.807) is 0 Å². The first-order valence-electron chi connectivity index (χ1n) is 6.85. The van der Waals surface area contributed by atoms with E-state index < -0.39 is 0 Å². The second kappa shape index (κ2) is 9.12. The number of benzene rings is 1. The number of likely N-dealkylation sites (N-methyl/N-ethyl adjacent to an activating group) is 1. The molecule has 2 atom stereocenters. The maximum atomic E-state index is 6.07. The van der Waals surface area contributed by atoms with Crippen LogP contribution in [0.4, 0.5) is 0 Å². The molecule has 19 heavy (non-hydrogen) atoms. The molecule has 0 bridgehead atoms. The van der Waals surface area contributed by atoms with Gasteiger partial charge in [-0.3, -0.25) is 0 Å². The van der Waals surface area contributed by atoms with Gasteiger partial charge in [-0.2, -0.15) is 11.8 Å². The quantitative estimate of drug-likeness (QED) is 0.720. The lowest BCUT2D eigenvalue weighted by Crippen LogP contribution is -2.33. The van der Waals surface area contributed by atoms with Crippen molar-refractivity contribution in [1.82, 2.24) is 5.32 Å². The minimum absolute atomic E-state index is 0.487. The summed E-state index contributed by atoms with van der Waals surface area (Å²) >= 11 is 14.0. The number of nitrogens with one attached hydrogen (secondary N) is 1. The van der Waals surface area contributed by atoms with Crippen molar-refractivity contribution in [2.45, 2.75) is 44.9 Å². The molecule has 0 aliphatic heterocycles. The summed E-state index contributed by atoms with van der Waals surface area (Å²) in [5, 5.41) is 5.53. The van der Waals surface area contributed by atoms with Crippen LogP contribution in [0.3, 0.4) is 0 Å². The van der Waals surface area contributed by atoms with Crippen molar-refractivity contribution in [2.24, 2.45) is 0 Å². The summed E-state index contributed by atoms with van der Waals surface area (Å²) in [6.45, 7) is 7.66. The smallest absolute Gasteiger partial charge is 0.0595 e. The van der Waals surface area contributed by atoms with Crippen molar-refractivity contribution in [3.63, 3.8) is 0 Å². The average Bonchev–Trinajstić information content (AvgIpc) is 2.40. The van der Waals surface area contributed by atoms with Gasteiger partial charge in [0, 0.05) is 17.0 Å². The summed E-state index contributed by atoms with van der Waals surface area (Å²) in [4.78, 5) is 0. The molecule has 0 radical (unpaired) electrons. The molecule has 0 spiro atoms. The number of thioether (sulfide) groups is 1. The summed E-state index contributed by atoms with van der Waals surface area (Å²) in [6, 6.07) is 6.40. The van der Waals surface area contributed by atoms with Crippen molar-refractivity contribution in [3.8, 4) is 0 Å². The maximum Gasteiger partial charge on any atom is 0.0595 e. The van der Waals surface area contributed by atoms with Crippen LogP contribution in [0.15, 0.2) is 18.2 Å². The minimum Gasteiger partial charge on any atom is -0.313 e.